The summed E-state index contributed by atoms with van der Waals surface area (Å²) in [5.74, 6) is 0.970. The summed E-state index contributed by atoms with van der Waals surface area (Å²) in [7, 11) is 1.97. The Morgan fingerprint density at radius 3 is 2.67 bits per heavy atom. The van der Waals surface area contributed by atoms with Gasteiger partial charge in [0.05, 0.1) is 22.6 Å². The van der Waals surface area contributed by atoms with E-state index in [1.165, 1.54) is 0 Å². The van der Waals surface area contributed by atoms with Crippen LogP contribution in [-0.4, -0.2) is 9.55 Å². The monoisotopic (exact) mass is 221 g/mol. The van der Waals surface area contributed by atoms with Crippen molar-refractivity contribution in [1.29, 1.82) is 0 Å². The van der Waals surface area contributed by atoms with E-state index in [4.69, 9.17) is 17.3 Å². The topological polar surface area (TPSA) is 43.8 Å². The molecule has 0 saturated carbocycles. The molecule has 2 N–H and O–H groups in total. The Balaban J connectivity index is 2.55. The van der Waals surface area contributed by atoms with Crippen LogP contribution in [0.5, 0.6) is 0 Å². The van der Waals surface area contributed by atoms with E-state index in [0.29, 0.717) is 10.7 Å². The van der Waals surface area contributed by atoms with Crippen LogP contribution in [0.1, 0.15) is 5.82 Å². The van der Waals surface area contributed by atoms with Gasteiger partial charge in [-0.3, -0.25) is 0 Å². The predicted molar refractivity (Wildman–Crippen MR) is 62.8 cm³/mol. The first kappa shape index (κ1) is 10.1. The van der Waals surface area contributed by atoms with Crippen molar-refractivity contribution in [2.24, 2.45) is 7.05 Å². The number of hydrogen-bond acceptors (Lipinski definition) is 2. The third kappa shape index (κ3) is 1.70. The molecule has 1 aromatic heterocycles. The average Bonchev–Trinajstić information content (AvgIpc) is 2.53. The number of nitrogens with zero attached hydrogens (tertiary/aromatic N) is 2. The van der Waals surface area contributed by atoms with Crippen LogP contribution < -0.4 is 5.73 Å². The normalized spacial score (nSPS) is 10.6. The second-order valence-electron chi connectivity index (χ2n) is 3.49. The zero-order valence-electron chi connectivity index (χ0n) is 8.66. The SMILES string of the molecule is Cc1ncc(-c2ccc(N)c(Cl)c2)n1C. The largest absolute Gasteiger partial charge is 0.398 e. The molecule has 0 aliphatic rings. The summed E-state index contributed by atoms with van der Waals surface area (Å²) >= 11 is 5.97. The van der Waals surface area contributed by atoms with Gasteiger partial charge in [0.2, 0.25) is 0 Å². The standard InChI is InChI=1S/C11H12ClN3/c1-7-14-6-11(15(7)2)8-3-4-10(13)9(12)5-8/h3-6H,13H2,1-2H3. The Hall–Kier alpha value is -1.48. The van der Waals surface area contributed by atoms with E-state index in [-0.39, 0.29) is 0 Å². The lowest BCUT2D eigenvalue weighted by Crippen LogP contribution is -1.94. The van der Waals surface area contributed by atoms with Crippen LogP contribution in [0.4, 0.5) is 5.69 Å². The van der Waals surface area contributed by atoms with Crippen molar-refractivity contribution < 1.29 is 0 Å². The summed E-state index contributed by atoms with van der Waals surface area (Å²) in [4.78, 5) is 4.23. The molecule has 1 aromatic carbocycles. The summed E-state index contributed by atoms with van der Waals surface area (Å²) in [5.41, 5.74) is 8.31. The molecule has 15 heavy (non-hydrogen) atoms. The fraction of sp³-hybridized carbons (Fsp3) is 0.182. The highest BCUT2D eigenvalue weighted by Crippen LogP contribution is 2.26. The molecule has 1 heterocycles. The average molecular weight is 222 g/mol. The maximum absolute atomic E-state index is 5.97. The molecule has 0 atom stereocenters. The van der Waals surface area contributed by atoms with Gasteiger partial charge in [-0.15, -0.1) is 0 Å². The van der Waals surface area contributed by atoms with Gasteiger partial charge in [-0.1, -0.05) is 17.7 Å². The van der Waals surface area contributed by atoms with E-state index in [1.54, 1.807) is 6.07 Å². The molecule has 4 heteroatoms. The van der Waals surface area contributed by atoms with E-state index in [1.807, 2.05) is 36.9 Å². The summed E-state index contributed by atoms with van der Waals surface area (Å²) < 4.78 is 2.02. The molecule has 0 aliphatic carbocycles. The maximum atomic E-state index is 5.97. The number of aromatic nitrogens is 2. The Kier molecular flexibility index (Phi) is 2.40. The van der Waals surface area contributed by atoms with Crippen molar-refractivity contribution in [3.8, 4) is 11.3 Å². The van der Waals surface area contributed by atoms with E-state index in [9.17, 15) is 0 Å². The highest BCUT2D eigenvalue weighted by atomic mass is 35.5. The minimum Gasteiger partial charge on any atom is -0.398 e. The van der Waals surface area contributed by atoms with Gasteiger partial charge in [0.15, 0.2) is 0 Å². The fourth-order valence-electron chi connectivity index (χ4n) is 1.46. The molecule has 0 unspecified atom stereocenters. The number of hydrogen-bond donors (Lipinski definition) is 1. The van der Waals surface area contributed by atoms with Gasteiger partial charge in [-0.25, -0.2) is 4.98 Å². The van der Waals surface area contributed by atoms with Crippen molar-refractivity contribution >= 4 is 17.3 Å². The quantitative estimate of drug-likeness (QED) is 0.753. The van der Waals surface area contributed by atoms with Gasteiger partial charge >= 0.3 is 0 Å². The van der Waals surface area contributed by atoms with Gasteiger partial charge in [0.1, 0.15) is 5.82 Å². The second-order valence-corrected chi connectivity index (χ2v) is 3.89. The van der Waals surface area contributed by atoms with Crippen LogP contribution in [-0.2, 0) is 7.05 Å². The lowest BCUT2D eigenvalue weighted by Gasteiger charge is -2.05. The molecule has 2 rings (SSSR count). The smallest absolute Gasteiger partial charge is 0.105 e. The molecular weight excluding hydrogens is 210 g/mol. The highest BCUT2D eigenvalue weighted by Gasteiger charge is 2.06. The first-order valence-corrected chi connectivity index (χ1v) is 5.01. The molecule has 0 bridgehead atoms. The number of aryl methyl sites for hydroxylation is 1. The van der Waals surface area contributed by atoms with Crippen LogP contribution in [0, 0.1) is 6.92 Å². The maximum Gasteiger partial charge on any atom is 0.105 e. The second kappa shape index (κ2) is 3.59. The first-order valence-electron chi connectivity index (χ1n) is 4.63. The van der Waals surface area contributed by atoms with Crippen molar-refractivity contribution in [2.45, 2.75) is 6.92 Å². The molecule has 0 radical (unpaired) electrons. The Bertz CT molecular complexity index is 503. The van der Waals surface area contributed by atoms with Gasteiger partial charge < -0.3 is 10.3 Å². The Labute approximate surface area is 93.5 Å². The molecule has 2 aromatic rings. The summed E-state index contributed by atoms with van der Waals surface area (Å²) in [6, 6.07) is 5.60. The number of nitrogens with two attached hydrogens (primary N) is 1. The number of anilines is 1. The molecule has 0 amide bonds. The predicted octanol–water partition coefficient (Wildman–Crippen LogP) is 2.63. The van der Waals surface area contributed by atoms with E-state index >= 15 is 0 Å². The zero-order valence-corrected chi connectivity index (χ0v) is 9.42. The first-order chi connectivity index (χ1) is 7.09. The lowest BCUT2D eigenvalue weighted by atomic mass is 10.1. The summed E-state index contributed by atoms with van der Waals surface area (Å²) in [5, 5.41) is 0.575. The fourth-order valence-corrected chi connectivity index (χ4v) is 1.64. The number of rotatable bonds is 1. The molecule has 0 fully saturated rings. The van der Waals surface area contributed by atoms with Gasteiger partial charge in [-0.05, 0) is 19.1 Å². The van der Waals surface area contributed by atoms with Crippen molar-refractivity contribution in [1.82, 2.24) is 9.55 Å². The minimum atomic E-state index is 0.575. The van der Waals surface area contributed by atoms with E-state index < -0.39 is 0 Å². The van der Waals surface area contributed by atoms with Gasteiger partial charge in [0.25, 0.3) is 0 Å². The van der Waals surface area contributed by atoms with Crippen LogP contribution in [0.3, 0.4) is 0 Å². The molecule has 0 aliphatic heterocycles. The van der Waals surface area contributed by atoms with Crippen LogP contribution in [0.25, 0.3) is 11.3 Å². The number of benzene rings is 1. The lowest BCUT2D eigenvalue weighted by molar-refractivity contribution is 0.865. The summed E-state index contributed by atoms with van der Waals surface area (Å²) in [6.45, 7) is 1.96. The molecule has 3 nitrogen and oxygen atoms in total. The zero-order chi connectivity index (χ0) is 11.0. The van der Waals surface area contributed by atoms with Crippen LogP contribution in [0.15, 0.2) is 24.4 Å². The minimum absolute atomic E-state index is 0.575. The number of imidazole rings is 1. The third-order valence-electron chi connectivity index (χ3n) is 2.52. The van der Waals surface area contributed by atoms with E-state index in [2.05, 4.69) is 4.98 Å². The van der Waals surface area contributed by atoms with Crippen molar-refractivity contribution in [2.75, 3.05) is 5.73 Å². The van der Waals surface area contributed by atoms with Crippen LogP contribution in [0.2, 0.25) is 5.02 Å². The Morgan fingerprint density at radius 1 is 1.40 bits per heavy atom. The molecule has 78 valence electrons. The highest BCUT2D eigenvalue weighted by molar-refractivity contribution is 6.33. The molecule has 0 spiro atoms. The van der Waals surface area contributed by atoms with Crippen LogP contribution >= 0.6 is 11.6 Å². The third-order valence-corrected chi connectivity index (χ3v) is 2.84. The molecule has 0 saturated heterocycles. The van der Waals surface area contributed by atoms with Crippen molar-refractivity contribution in [3.63, 3.8) is 0 Å². The van der Waals surface area contributed by atoms with Gasteiger partial charge in [0, 0.05) is 12.6 Å². The van der Waals surface area contributed by atoms with Gasteiger partial charge in [-0.2, -0.15) is 0 Å². The summed E-state index contributed by atoms with van der Waals surface area (Å²) in [6.07, 6.45) is 1.83. The molecular formula is C11H12ClN3. The Morgan fingerprint density at radius 2 is 2.13 bits per heavy atom. The van der Waals surface area contributed by atoms with E-state index in [0.717, 1.165) is 17.1 Å². The number of nitrogen functional groups attached to an aromatic ring is 1. The van der Waals surface area contributed by atoms with Crippen molar-refractivity contribution in [3.05, 3.63) is 35.2 Å². The number of halogens is 1.